The SMILES string of the molecule is CC(=NNC(=S)Nc1ccc(Cl)c(Cl)c1)c1ccc(O)cc1O. The van der Waals surface area contributed by atoms with Gasteiger partial charge in [-0.15, -0.1) is 0 Å². The number of nitrogens with zero attached hydrogens (tertiary/aromatic N) is 1. The first-order chi connectivity index (χ1) is 10.9. The van der Waals surface area contributed by atoms with Crippen molar-refractivity contribution in [3.8, 4) is 11.5 Å². The Morgan fingerprint density at radius 3 is 2.48 bits per heavy atom. The summed E-state index contributed by atoms with van der Waals surface area (Å²) in [4.78, 5) is 0. The van der Waals surface area contributed by atoms with E-state index in [2.05, 4.69) is 15.8 Å². The van der Waals surface area contributed by atoms with E-state index < -0.39 is 0 Å². The zero-order chi connectivity index (χ0) is 17.0. The highest BCUT2D eigenvalue weighted by molar-refractivity contribution is 7.80. The molecular formula is C15H13Cl2N3O2S. The first-order valence-electron chi connectivity index (χ1n) is 6.45. The first-order valence-corrected chi connectivity index (χ1v) is 7.62. The fraction of sp³-hybridized carbons (Fsp3) is 0.0667. The normalized spacial score (nSPS) is 11.2. The lowest BCUT2D eigenvalue weighted by Gasteiger charge is -2.09. The molecule has 2 rings (SSSR count). The molecule has 0 spiro atoms. The second-order valence-corrected chi connectivity index (χ2v) is 5.82. The molecule has 2 aromatic rings. The summed E-state index contributed by atoms with van der Waals surface area (Å²) in [5.41, 5.74) is 4.31. The Labute approximate surface area is 148 Å². The van der Waals surface area contributed by atoms with Gasteiger partial charge < -0.3 is 15.5 Å². The summed E-state index contributed by atoms with van der Waals surface area (Å²) in [5.74, 6) is -0.0970. The largest absolute Gasteiger partial charge is 0.508 e. The molecule has 0 aromatic heterocycles. The lowest BCUT2D eigenvalue weighted by Crippen LogP contribution is -2.25. The first kappa shape index (κ1) is 17.3. The van der Waals surface area contributed by atoms with E-state index in [1.165, 1.54) is 12.1 Å². The van der Waals surface area contributed by atoms with E-state index in [9.17, 15) is 10.2 Å². The molecule has 2 aromatic carbocycles. The molecule has 0 fully saturated rings. The van der Waals surface area contributed by atoms with Crippen LogP contribution in [0.5, 0.6) is 11.5 Å². The highest BCUT2D eigenvalue weighted by atomic mass is 35.5. The molecule has 0 atom stereocenters. The zero-order valence-corrected chi connectivity index (χ0v) is 14.3. The molecule has 0 heterocycles. The van der Waals surface area contributed by atoms with E-state index in [0.717, 1.165) is 0 Å². The molecule has 23 heavy (non-hydrogen) atoms. The van der Waals surface area contributed by atoms with E-state index in [-0.39, 0.29) is 16.6 Å². The minimum Gasteiger partial charge on any atom is -0.508 e. The monoisotopic (exact) mass is 369 g/mol. The van der Waals surface area contributed by atoms with Crippen LogP contribution in [-0.2, 0) is 0 Å². The van der Waals surface area contributed by atoms with Gasteiger partial charge in [0.15, 0.2) is 5.11 Å². The summed E-state index contributed by atoms with van der Waals surface area (Å²) in [5, 5.41) is 27.2. The van der Waals surface area contributed by atoms with Crippen molar-refractivity contribution in [3.63, 3.8) is 0 Å². The Balaban J connectivity index is 2.03. The molecule has 0 unspecified atom stereocenters. The number of aromatic hydroxyl groups is 2. The van der Waals surface area contributed by atoms with Crippen molar-refractivity contribution < 1.29 is 10.2 Å². The minimum atomic E-state index is -0.0728. The van der Waals surface area contributed by atoms with Crippen molar-refractivity contribution in [3.05, 3.63) is 52.0 Å². The second kappa shape index (κ2) is 7.50. The number of halogens is 2. The minimum absolute atomic E-state index is 0.0242. The van der Waals surface area contributed by atoms with E-state index in [0.29, 0.717) is 27.0 Å². The average molecular weight is 370 g/mol. The van der Waals surface area contributed by atoms with Gasteiger partial charge in [-0.1, -0.05) is 23.2 Å². The van der Waals surface area contributed by atoms with Gasteiger partial charge in [0.1, 0.15) is 11.5 Å². The maximum Gasteiger partial charge on any atom is 0.191 e. The second-order valence-electron chi connectivity index (χ2n) is 4.59. The third kappa shape index (κ3) is 4.72. The van der Waals surface area contributed by atoms with Gasteiger partial charge in [0.2, 0.25) is 0 Å². The molecule has 120 valence electrons. The molecule has 0 aliphatic heterocycles. The maximum absolute atomic E-state index is 9.77. The maximum atomic E-state index is 9.77. The summed E-state index contributed by atoms with van der Waals surface area (Å²) >= 11 is 16.9. The van der Waals surface area contributed by atoms with Crippen LogP contribution in [0.25, 0.3) is 0 Å². The van der Waals surface area contributed by atoms with Crippen molar-refractivity contribution in [2.45, 2.75) is 6.92 Å². The summed E-state index contributed by atoms with van der Waals surface area (Å²) in [6.07, 6.45) is 0. The predicted octanol–water partition coefficient (Wildman–Crippen LogP) is 4.12. The Morgan fingerprint density at radius 1 is 1.09 bits per heavy atom. The quantitative estimate of drug-likeness (QED) is 0.372. The molecule has 0 aliphatic carbocycles. The summed E-state index contributed by atoms with van der Waals surface area (Å²) < 4.78 is 0. The van der Waals surface area contributed by atoms with Crippen LogP contribution in [0.1, 0.15) is 12.5 Å². The lowest BCUT2D eigenvalue weighted by atomic mass is 10.1. The van der Waals surface area contributed by atoms with Gasteiger partial charge in [0.25, 0.3) is 0 Å². The van der Waals surface area contributed by atoms with Crippen LogP contribution >= 0.6 is 35.4 Å². The van der Waals surface area contributed by atoms with Gasteiger partial charge in [-0.05, 0) is 49.5 Å². The number of phenolic OH excluding ortho intramolecular Hbond substituents is 2. The summed E-state index contributed by atoms with van der Waals surface area (Å²) in [6, 6.07) is 9.27. The van der Waals surface area contributed by atoms with E-state index in [1.807, 2.05) is 0 Å². The van der Waals surface area contributed by atoms with Gasteiger partial charge in [-0.25, -0.2) is 0 Å². The summed E-state index contributed by atoms with van der Waals surface area (Å²) in [6.45, 7) is 1.70. The van der Waals surface area contributed by atoms with Gasteiger partial charge in [0.05, 0.1) is 15.8 Å². The Morgan fingerprint density at radius 2 is 1.83 bits per heavy atom. The number of thiocarbonyl (C=S) groups is 1. The van der Waals surface area contributed by atoms with Crippen molar-refractivity contribution in [1.82, 2.24) is 5.43 Å². The van der Waals surface area contributed by atoms with E-state index in [1.54, 1.807) is 31.2 Å². The number of nitrogens with one attached hydrogen (secondary N) is 2. The standard InChI is InChI=1S/C15H13Cl2N3O2S/c1-8(11-4-3-10(21)7-14(11)22)19-20-15(23)18-9-2-5-12(16)13(17)6-9/h2-7,21-22H,1H3,(H2,18,20,23). The number of phenols is 2. The zero-order valence-electron chi connectivity index (χ0n) is 12.0. The van der Waals surface area contributed by atoms with Crippen LogP contribution in [0, 0.1) is 0 Å². The predicted molar refractivity (Wildman–Crippen MR) is 97.8 cm³/mol. The molecule has 0 saturated heterocycles. The van der Waals surface area contributed by atoms with Crippen molar-refractivity contribution >= 4 is 51.9 Å². The molecule has 4 N–H and O–H groups in total. The molecule has 8 heteroatoms. The van der Waals surface area contributed by atoms with Crippen molar-refractivity contribution in [2.75, 3.05) is 5.32 Å². The van der Waals surface area contributed by atoms with Crippen molar-refractivity contribution in [1.29, 1.82) is 0 Å². The number of anilines is 1. The van der Waals surface area contributed by atoms with Gasteiger partial charge >= 0.3 is 0 Å². The number of benzene rings is 2. The molecular weight excluding hydrogens is 357 g/mol. The Kier molecular flexibility index (Phi) is 5.65. The van der Waals surface area contributed by atoms with Crippen LogP contribution in [-0.4, -0.2) is 21.0 Å². The van der Waals surface area contributed by atoms with Gasteiger partial charge in [0, 0.05) is 17.3 Å². The Hall–Kier alpha value is -2.02. The molecule has 0 aliphatic rings. The lowest BCUT2D eigenvalue weighted by molar-refractivity contribution is 0.450. The third-order valence-electron chi connectivity index (χ3n) is 2.87. The number of hydrogen-bond donors (Lipinski definition) is 4. The number of hydrogen-bond acceptors (Lipinski definition) is 4. The van der Waals surface area contributed by atoms with E-state index >= 15 is 0 Å². The molecule has 5 nitrogen and oxygen atoms in total. The molecule has 0 amide bonds. The number of hydrazone groups is 1. The molecule has 0 bridgehead atoms. The number of rotatable bonds is 3. The topological polar surface area (TPSA) is 76.9 Å². The average Bonchev–Trinajstić information content (AvgIpc) is 2.48. The van der Waals surface area contributed by atoms with Crippen LogP contribution in [0.15, 0.2) is 41.5 Å². The van der Waals surface area contributed by atoms with Gasteiger partial charge in [-0.3, -0.25) is 5.43 Å². The highest BCUT2D eigenvalue weighted by Gasteiger charge is 2.06. The smallest absolute Gasteiger partial charge is 0.191 e. The highest BCUT2D eigenvalue weighted by Crippen LogP contribution is 2.25. The molecule has 0 saturated carbocycles. The van der Waals surface area contributed by atoms with Crippen molar-refractivity contribution in [2.24, 2.45) is 5.10 Å². The van der Waals surface area contributed by atoms with Crippen LogP contribution in [0.2, 0.25) is 10.0 Å². The van der Waals surface area contributed by atoms with Crippen LogP contribution in [0.3, 0.4) is 0 Å². The fourth-order valence-corrected chi connectivity index (χ4v) is 2.22. The fourth-order valence-electron chi connectivity index (χ4n) is 1.75. The summed E-state index contributed by atoms with van der Waals surface area (Å²) in [7, 11) is 0. The van der Waals surface area contributed by atoms with E-state index in [4.69, 9.17) is 35.4 Å². The van der Waals surface area contributed by atoms with Crippen LogP contribution in [0.4, 0.5) is 5.69 Å². The van der Waals surface area contributed by atoms with Crippen LogP contribution < -0.4 is 10.7 Å². The third-order valence-corrected chi connectivity index (χ3v) is 3.81. The Bertz CT molecular complexity index is 781. The van der Waals surface area contributed by atoms with Gasteiger partial charge in [-0.2, -0.15) is 5.10 Å². The molecule has 0 radical (unpaired) electrons.